The lowest BCUT2D eigenvalue weighted by molar-refractivity contribution is -0.385. The number of hydrogen-bond donors (Lipinski definition) is 1. The number of thioether (sulfide) groups is 1. The number of nitrogens with one attached hydrogen (secondary N) is 1. The van der Waals surface area contributed by atoms with Gasteiger partial charge in [0.15, 0.2) is 0 Å². The molecule has 1 aliphatic heterocycles. The average molecular weight is 270 g/mol. The summed E-state index contributed by atoms with van der Waals surface area (Å²) in [6.07, 6.45) is 2.24. The van der Waals surface area contributed by atoms with Crippen molar-refractivity contribution in [2.24, 2.45) is 0 Å². The molecular weight excluding hydrogens is 255 g/mol. The normalized spacial score (nSPS) is 19.7. The highest BCUT2D eigenvalue weighted by molar-refractivity contribution is 7.99. The molecule has 0 aliphatic carbocycles. The Bertz CT molecular complexity index is 436. The number of nitro benzene ring substituents is 1. The van der Waals surface area contributed by atoms with Crippen LogP contribution in [-0.4, -0.2) is 22.5 Å². The van der Waals surface area contributed by atoms with Gasteiger partial charge in [-0.3, -0.25) is 10.1 Å². The molecule has 1 N–H and O–H groups in total. The minimum absolute atomic E-state index is 0.0210. The second-order valence-electron chi connectivity index (χ2n) is 4.33. The van der Waals surface area contributed by atoms with Gasteiger partial charge in [-0.05, 0) is 30.7 Å². The first-order chi connectivity index (χ1) is 8.66. The van der Waals surface area contributed by atoms with Crippen LogP contribution in [0.4, 0.5) is 10.1 Å². The highest BCUT2D eigenvalue weighted by Crippen LogP contribution is 2.21. The van der Waals surface area contributed by atoms with E-state index in [2.05, 4.69) is 5.32 Å². The van der Waals surface area contributed by atoms with Crippen molar-refractivity contribution in [1.82, 2.24) is 5.32 Å². The lowest BCUT2D eigenvalue weighted by Crippen LogP contribution is -2.33. The SMILES string of the molecule is O=[N+]([O-])c1ccc(F)cc1CNC1CCCSC1. The van der Waals surface area contributed by atoms with Crippen LogP contribution < -0.4 is 5.32 Å². The van der Waals surface area contributed by atoms with Crippen molar-refractivity contribution < 1.29 is 9.31 Å². The largest absolute Gasteiger partial charge is 0.309 e. The molecule has 0 spiro atoms. The summed E-state index contributed by atoms with van der Waals surface area (Å²) in [6, 6.07) is 3.95. The zero-order chi connectivity index (χ0) is 13.0. The Labute approximate surface area is 109 Å². The number of halogens is 1. The molecule has 1 fully saturated rings. The summed E-state index contributed by atoms with van der Waals surface area (Å²) in [5.41, 5.74) is 0.392. The van der Waals surface area contributed by atoms with Crippen molar-refractivity contribution in [2.45, 2.75) is 25.4 Å². The van der Waals surface area contributed by atoms with Gasteiger partial charge in [0.2, 0.25) is 0 Å². The van der Waals surface area contributed by atoms with Gasteiger partial charge in [-0.15, -0.1) is 0 Å². The van der Waals surface area contributed by atoms with E-state index in [0.29, 0.717) is 18.2 Å². The Kier molecular flexibility index (Phi) is 4.54. The summed E-state index contributed by atoms with van der Waals surface area (Å²) in [5, 5.41) is 14.1. The Hall–Kier alpha value is -1.14. The number of hydrogen-bond acceptors (Lipinski definition) is 4. The van der Waals surface area contributed by atoms with Gasteiger partial charge < -0.3 is 5.32 Å². The van der Waals surface area contributed by atoms with Gasteiger partial charge >= 0.3 is 0 Å². The lowest BCUT2D eigenvalue weighted by atomic mass is 10.1. The van der Waals surface area contributed by atoms with Crippen LogP contribution in [0.3, 0.4) is 0 Å². The number of nitro groups is 1. The fraction of sp³-hybridized carbons (Fsp3) is 0.500. The smallest absolute Gasteiger partial charge is 0.274 e. The molecule has 1 heterocycles. The van der Waals surface area contributed by atoms with E-state index in [1.165, 1.54) is 17.9 Å². The second-order valence-corrected chi connectivity index (χ2v) is 5.47. The maximum absolute atomic E-state index is 13.1. The first-order valence-corrected chi connectivity index (χ1v) is 7.06. The number of nitrogens with zero attached hydrogens (tertiary/aromatic N) is 1. The molecule has 1 saturated heterocycles. The van der Waals surface area contributed by atoms with Crippen LogP contribution in [0.1, 0.15) is 18.4 Å². The lowest BCUT2D eigenvalue weighted by Gasteiger charge is -2.22. The van der Waals surface area contributed by atoms with Gasteiger partial charge in [-0.2, -0.15) is 11.8 Å². The molecule has 18 heavy (non-hydrogen) atoms. The van der Waals surface area contributed by atoms with Crippen LogP contribution in [0.2, 0.25) is 0 Å². The molecule has 1 unspecified atom stereocenters. The van der Waals surface area contributed by atoms with E-state index in [4.69, 9.17) is 0 Å². The molecule has 0 bridgehead atoms. The summed E-state index contributed by atoms with van der Waals surface area (Å²) in [7, 11) is 0. The molecule has 0 radical (unpaired) electrons. The monoisotopic (exact) mass is 270 g/mol. The standard InChI is InChI=1S/C12H15FN2O2S/c13-10-3-4-12(15(16)17)9(6-10)7-14-11-2-1-5-18-8-11/h3-4,6,11,14H,1-2,5,7-8H2. The zero-order valence-electron chi connectivity index (χ0n) is 9.89. The fourth-order valence-corrected chi connectivity index (χ4v) is 3.14. The van der Waals surface area contributed by atoms with Crippen molar-refractivity contribution in [3.63, 3.8) is 0 Å². The van der Waals surface area contributed by atoms with E-state index in [1.807, 2.05) is 11.8 Å². The molecule has 1 aromatic rings. The molecule has 1 atom stereocenters. The average Bonchev–Trinajstić information content (AvgIpc) is 2.37. The van der Waals surface area contributed by atoms with Gasteiger partial charge in [-0.25, -0.2) is 4.39 Å². The fourth-order valence-electron chi connectivity index (χ4n) is 2.03. The molecule has 0 amide bonds. The van der Waals surface area contributed by atoms with Gasteiger partial charge in [-0.1, -0.05) is 0 Å². The maximum atomic E-state index is 13.1. The summed E-state index contributed by atoms with van der Waals surface area (Å²) in [4.78, 5) is 10.4. The molecule has 0 saturated carbocycles. The molecule has 0 aromatic heterocycles. The summed E-state index contributed by atoms with van der Waals surface area (Å²) in [5.74, 6) is 1.76. The van der Waals surface area contributed by atoms with E-state index in [-0.39, 0.29) is 5.69 Å². The quantitative estimate of drug-likeness (QED) is 0.675. The van der Waals surface area contributed by atoms with E-state index in [9.17, 15) is 14.5 Å². The molecular formula is C12H15FN2O2S. The third kappa shape index (κ3) is 3.43. The summed E-state index contributed by atoms with van der Waals surface area (Å²) < 4.78 is 13.1. The van der Waals surface area contributed by atoms with Crippen molar-refractivity contribution >= 4 is 17.4 Å². The van der Waals surface area contributed by atoms with Crippen LogP contribution in [0.15, 0.2) is 18.2 Å². The van der Waals surface area contributed by atoms with Crippen LogP contribution in [0.5, 0.6) is 0 Å². The highest BCUT2D eigenvalue weighted by atomic mass is 32.2. The number of rotatable bonds is 4. The summed E-state index contributed by atoms with van der Waals surface area (Å²) >= 11 is 1.88. The Morgan fingerprint density at radius 1 is 1.56 bits per heavy atom. The first kappa shape index (κ1) is 13.3. The highest BCUT2D eigenvalue weighted by Gasteiger charge is 2.17. The van der Waals surface area contributed by atoms with Gasteiger partial charge in [0.25, 0.3) is 5.69 Å². The molecule has 98 valence electrons. The van der Waals surface area contributed by atoms with Crippen LogP contribution in [-0.2, 0) is 6.54 Å². The van der Waals surface area contributed by atoms with E-state index in [0.717, 1.165) is 24.7 Å². The minimum atomic E-state index is -0.466. The van der Waals surface area contributed by atoms with E-state index < -0.39 is 10.7 Å². The van der Waals surface area contributed by atoms with Crippen molar-refractivity contribution in [3.8, 4) is 0 Å². The predicted octanol–water partition coefficient (Wildman–Crippen LogP) is 2.72. The molecule has 1 aromatic carbocycles. The maximum Gasteiger partial charge on any atom is 0.274 e. The third-order valence-electron chi connectivity index (χ3n) is 2.98. The zero-order valence-corrected chi connectivity index (χ0v) is 10.7. The summed E-state index contributed by atoms with van der Waals surface area (Å²) in [6.45, 7) is 0.347. The van der Waals surface area contributed by atoms with Gasteiger partial charge in [0.1, 0.15) is 5.82 Å². The van der Waals surface area contributed by atoms with Gasteiger partial charge in [0, 0.05) is 30.0 Å². The van der Waals surface area contributed by atoms with Crippen LogP contribution in [0.25, 0.3) is 0 Å². The van der Waals surface area contributed by atoms with E-state index >= 15 is 0 Å². The Balaban J connectivity index is 2.03. The van der Waals surface area contributed by atoms with E-state index in [1.54, 1.807) is 0 Å². The van der Waals surface area contributed by atoms with Crippen LogP contribution in [0, 0.1) is 15.9 Å². The van der Waals surface area contributed by atoms with Crippen LogP contribution >= 0.6 is 11.8 Å². The predicted molar refractivity (Wildman–Crippen MR) is 70.2 cm³/mol. The van der Waals surface area contributed by atoms with Crippen molar-refractivity contribution in [1.29, 1.82) is 0 Å². The minimum Gasteiger partial charge on any atom is -0.309 e. The molecule has 4 nitrogen and oxygen atoms in total. The van der Waals surface area contributed by atoms with Crippen molar-refractivity contribution in [2.75, 3.05) is 11.5 Å². The molecule has 6 heteroatoms. The van der Waals surface area contributed by atoms with Gasteiger partial charge in [0.05, 0.1) is 4.92 Å². The first-order valence-electron chi connectivity index (χ1n) is 5.91. The molecule has 1 aliphatic rings. The number of benzene rings is 1. The third-order valence-corrected chi connectivity index (χ3v) is 4.20. The Morgan fingerprint density at radius 3 is 3.06 bits per heavy atom. The Morgan fingerprint density at radius 2 is 2.39 bits per heavy atom. The molecule has 2 rings (SSSR count). The second kappa shape index (κ2) is 6.15. The topological polar surface area (TPSA) is 55.2 Å². The van der Waals surface area contributed by atoms with Crippen molar-refractivity contribution in [3.05, 3.63) is 39.7 Å².